The van der Waals surface area contributed by atoms with E-state index >= 15 is 0 Å². The molecule has 1 aromatic heterocycles. The molecule has 1 heterocycles. The number of rotatable bonds is 5. The second-order valence-corrected chi connectivity index (χ2v) is 7.55. The van der Waals surface area contributed by atoms with E-state index in [-0.39, 0.29) is 5.91 Å². The highest BCUT2D eigenvalue weighted by molar-refractivity contribution is 7.07. The molecule has 0 unspecified atom stereocenters. The van der Waals surface area contributed by atoms with Crippen LogP contribution in [0.4, 0.5) is 0 Å². The van der Waals surface area contributed by atoms with Gasteiger partial charge in [0.15, 0.2) is 0 Å². The Morgan fingerprint density at radius 2 is 2.05 bits per heavy atom. The summed E-state index contributed by atoms with van der Waals surface area (Å²) in [6, 6.07) is 2.43. The molecule has 0 saturated heterocycles. The highest BCUT2D eigenvalue weighted by atomic mass is 32.1. The quantitative estimate of drug-likeness (QED) is 0.856. The van der Waals surface area contributed by atoms with Crippen LogP contribution in [0.15, 0.2) is 16.8 Å². The minimum atomic E-state index is 0.182. The van der Waals surface area contributed by atoms with Gasteiger partial charge in [0.05, 0.1) is 6.42 Å². The van der Waals surface area contributed by atoms with Crippen molar-refractivity contribution in [2.45, 2.75) is 65.3 Å². The number of hydrogen-bond donors (Lipinski definition) is 1. The van der Waals surface area contributed by atoms with Crippen LogP contribution in [0.25, 0.3) is 0 Å². The van der Waals surface area contributed by atoms with E-state index in [1.54, 1.807) is 11.3 Å². The standard InChI is InChI=1S/C17H27NOS/c1-4-17(2,3)14-5-7-15(8-6-14)18-16(19)11-13-9-10-20-12-13/h9-10,12,14-15H,4-8,11H2,1-3H3,(H,18,19). The second-order valence-electron chi connectivity index (χ2n) is 6.77. The van der Waals surface area contributed by atoms with E-state index in [0.717, 1.165) is 24.3 Å². The maximum absolute atomic E-state index is 12.0. The normalized spacial score (nSPS) is 23.6. The van der Waals surface area contributed by atoms with Gasteiger partial charge in [-0.15, -0.1) is 0 Å². The number of hydrogen-bond acceptors (Lipinski definition) is 2. The van der Waals surface area contributed by atoms with Gasteiger partial charge in [0.2, 0.25) is 5.91 Å². The molecule has 0 radical (unpaired) electrons. The van der Waals surface area contributed by atoms with E-state index < -0.39 is 0 Å². The van der Waals surface area contributed by atoms with Gasteiger partial charge in [0.25, 0.3) is 0 Å². The van der Waals surface area contributed by atoms with Gasteiger partial charge in [0.1, 0.15) is 0 Å². The number of thiophene rings is 1. The summed E-state index contributed by atoms with van der Waals surface area (Å²) in [5.74, 6) is 0.999. The highest BCUT2D eigenvalue weighted by Crippen LogP contribution is 2.40. The third-order valence-corrected chi connectivity index (χ3v) is 5.79. The molecule has 1 amide bonds. The van der Waals surface area contributed by atoms with Crippen LogP contribution >= 0.6 is 11.3 Å². The molecular formula is C17H27NOS. The Bertz CT molecular complexity index is 416. The lowest BCUT2D eigenvalue weighted by atomic mass is 9.69. The summed E-state index contributed by atoms with van der Waals surface area (Å²) >= 11 is 1.65. The van der Waals surface area contributed by atoms with Crippen molar-refractivity contribution in [3.8, 4) is 0 Å². The molecule has 0 atom stereocenters. The summed E-state index contributed by atoms with van der Waals surface area (Å²) in [4.78, 5) is 12.0. The van der Waals surface area contributed by atoms with Gasteiger partial charge in [-0.3, -0.25) is 4.79 Å². The van der Waals surface area contributed by atoms with E-state index in [1.807, 2.05) is 11.4 Å². The number of carbonyl (C=O) groups is 1. The van der Waals surface area contributed by atoms with Crippen molar-refractivity contribution in [1.29, 1.82) is 0 Å². The van der Waals surface area contributed by atoms with Crippen molar-refractivity contribution in [2.75, 3.05) is 0 Å². The van der Waals surface area contributed by atoms with Crippen LogP contribution in [0.3, 0.4) is 0 Å². The average molecular weight is 293 g/mol. The molecule has 20 heavy (non-hydrogen) atoms. The fourth-order valence-corrected chi connectivity index (χ4v) is 3.83. The molecule has 1 aromatic rings. The third kappa shape index (κ3) is 4.08. The third-order valence-electron chi connectivity index (χ3n) is 5.05. The molecule has 1 N–H and O–H groups in total. The number of carbonyl (C=O) groups excluding carboxylic acids is 1. The van der Waals surface area contributed by atoms with Gasteiger partial charge in [-0.05, 0) is 59.4 Å². The van der Waals surface area contributed by atoms with Gasteiger partial charge in [0, 0.05) is 6.04 Å². The molecule has 0 aliphatic heterocycles. The van der Waals surface area contributed by atoms with Crippen molar-refractivity contribution < 1.29 is 4.79 Å². The second kappa shape index (κ2) is 6.75. The van der Waals surface area contributed by atoms with Crippen LogP contribution < -0.4 is 5.32 Å². The molecule has 0 spiro atoms. The van der Waals surface area contributed by atoms with E-state index in [0.29, 0.717) is 17.9 Å². The topological polar surface area (TPSA) is 29.1 Å². The van der Waals surface area contributed by atoms with E-state index in [1.165, 1.54) is 19.3 Å². The molecule has 0 aromatic carbocycles. The highest BCUT2D eigenvalue weighted by Gasteiger charge is 2.32. The number of nitrogens with one attached hydrogen (secondary N) is 1. The smallest absolute Gasteiger partial charge is 0.224 e. The van der Waals surface area contributed by atoms with Crippen molar-refractivity contribution in [2.24, 2.45) is 11.3 Å². The van der Waals surface area contributed by atoms with Crippen molar-refractivity contribution in [3.63, 3.8) is 0 Å². The van der Waals surface area contributed by atoms with E-state index in [9.17, 15) is 4.79 Å². The minimum Gasteiger partial charge on any atom is -0.353 e. The van der Waals surface area contributed by atoms with E-state index in [2.05, 4.69) is 31.5 Å². The van der Waals surface area contributed by atoms with Gasteiger partial charge in [-0.25, -0.2) is 0 Å². The van der Waals surface area contributed by atoms with Crippen molar-refractivity contribution >= 4 is 17.2 Å². The molecule has 1 fully saturated rings. The van der Waals surface area contributed by atoms with Gasteiger partial charge < -0.3 is 5.32 Å². The lowest BCUT2D eigenvalue weighted by Gasteiger charge is -2.39. The van der Waals surface area contributed by atoms with Crippen molar-refractivity contribution in [3.05, 3.63) is 22.4 Å². The zero-order valence-electron chi connectivity index (χ0n) is 12.9. The fraction of sp³-hybridized carbons (Fsp3) is 0.706. The largest absolute Gasteiger partial charge is 0.353 e. The molecule has 112 valence electrons. The summed E-state index contributed by atoms with van der Waals surface area (Å²) in [6.07, 6.45) is 6.57. The molecule has 3 heteroatoms. The van der Waals surface area contributed by atoms with Gasteiger partial charge in [-0.2, -0.15) is 11.3 Å². The summed E-state index contributed by atoms with van der Waals surface area (Å²) in [5.41, 5.74) is 1.58. The summed E-state index contributed by atoms with van der Waals surface area (Å²) in [5, 5.41) is 7.30. The maximum Gasteiger partial charge on any atom is 0.224 e. The van der Waals surface area contributed by atoms with Crippen molar-refractivity contribution in [1.82, 2.24) is 5.32 Å². The van der Waals surface area contributed by atoms with Crippen LogP contribution in [0.2, 0.25) is 0 Å². The van der Waals surface area contributed by atoms with Crippen LogP contribution in [0.5, 0.6) is 0 Å². The first kappa shape index (κ1) is 15.6. The Morgan fingerprint density at radius 3 is 2.60 bits per heavy atom. The van der Waals surface area contributed by atoms with Crippen LogP contribution in [0, 0.1) is 11.3 Å². The predicted octanol–water partition coefficient (Wildman–Crippen LogP) is 4.40. The fourth-order valence-electron chi connectivity index (χ4n) is 3.17. The van der Waals surface area contributed by atoms with Crippen LogP contribution in [0.1, 0.15) is 58.4 Å². The zero-order chi connectivity index (χ0) is 14.6. The monoisotopic (exact) mass is 293 g/mol. The Balaban J connectivity index is 1.75. The lowest BCUT2D eigenvalue weighted by Crippen LogP contribution is -2.40. The summed E-state index contributed by atoms with van der Waals surface area (Å²) in [6.45, 7) is 7.05. The van der Waals surface area contributed by atoms with E-state index in [4.69, 9.17) is 0 Å². The van der Waals surface area contributed by atoms with Crippen LogP contribution in [-0.4, -0.2) is 11.9 Å². The number of amides is 1. The first-order chi connectivity index (χ1) is 9.51. The molecule has 2 rings (SSSR count). The summed E-state index contributed by atoms with van der Waals surface area (Å²) in [7, 11) is 0. The lowest BCUT2D eigenvalue weighted by molar-refractivity contribution is -0.121. The summed E-state index contributed by atoms with van der Waals surface area (Å²) < 4.78 is 0. The van der Waals surface area contributed by atoms with Gasteiger partial charge in [-0.1, -0.05) is 27.2 Å². The first-order valence-electron chi connectivity index (χ1n) is 7.81. The molecule has 0 bridgehead atoms. The van der Waals surface area contributed by atoms with Crippen LogP contribution in [-0.2, 0) is 11.2 Å². The Morgan fingerprint density at radius 1 is 1.35 bits per heavy atom. The average Bonchev–Trinajstić information content (AvgIpc) is 2.92. The molecule has 1 aliphatic carbocycles. The maximum atomic E-state index is 12.0. The molecule has 2 nitrogen and oxygen atoms in total. The Labute approximate surface area is 127 Å². The molecule has 1 saturated carbocycles. The minimum absolute atomic E-state index is 0.182. The SMILES string of the molecule is CCC(C)(C)C1CCC(NC(=O)Cc2ccsc2)CC1. The van der Waals surface area contributed by atoms with Gasteiger partial charge >= 0.3 is 0 Å². The first-order valence-corrected chi connectivity index (χ1v) is 8.76. The molecule has 1 aliphatic rings. The Hall–Kier alpha value is -0.830. The Kier molecular flexibility index (Phi) is 5.25. The zero-order valence-corrected chi connectivity index (χ0v) is 13.8. The predicted molar refractivity (Wildman–Crippen MR) is 86.0 cm³/mol. The molecular weight excluding hydrogens is 266 g/mol.